The van der Waals surface area contributed by atoms with E-state index in [1.165, 1.54) is 17.8 Å². The van der Waals surface area contributed by atoms with Gasteiger partial charge in [0.15, 0.2) is 0 Å². The summed E-state index contributed by atoms with van der Waals surface area (Å²) in [7, 11) is 0. The fourth-order valence-electron chi connectivity index (χ4n) is 2.91. The van der Waals surface area contributed by atoms with Crippen molar-refractivity contribution in [3.05, 3.63) is 65.9 Å². The zero-order chi connectivity index (χ0) is 19.8. The molecule has 3 heterocycles. The van der Waals surface area contributed by atoms with Crippen LogP contribution in [0.15, 0.2) is 62.8 Å². The third-order valence-corrected chi connectivity index (χ3v) is 5.25. The molecule has 0 radical (unpaired) electrons. The number of halogens is 1. The van der Waals surface area contributed by atoms with E-state index in [4.69, 9.17) is 8.94 Å². The predicted octanol–water partition coefficient (Wildman–Crippen LogP) is 5.01. The third-order valence-electron chi connectivity index (χ3n) is 4.44. The standard InChI is InChI=1S/C20H14FN5O2S/c1-11-6-7-12(8-15(11)21)18-23-17(28-26-18)10-29-20-25-24-19(27-20)14-9-22-16-5-3-2-4-13(14)16/h2-9,22H,10H2,1H3. The molecule has 5 aromatic rings. The molecule has 0 atom stereocenters. The van der Waals surface area contributed by atoms with Gasteiger partial charge in [0.05, 0.1) is 11.3 Å². The zero-order valence-electron chi connectivity index (χ0n) is 15.2. The third kappa shape index (κ3) is 3.40. The van der Waals surface area contributed by atoms with Crippen LogP contribution in [0, 0.1) is 12.7 Å². The summed E-state index contributed by atoms with van der Waals surface area (Å²) in [6.07, 6.45) is 1.84. The number of nitrogens with one attached hydrogen (secondary N) is 1. The number of thioether (sulfide) groups is 1. The van der Waals surface area contributed by atoms with Gasteiger partial charge in [-0.05, 0) is 24.6 Å². The van der Waals surface area contributed by atoms with Gasteiger partial charge in [0.1, 0.15) is 5.82 Å². The van der Waals surface area contributed by atoms with E-state index in [2.05, 4.69) is 25.3 Å². The highest BCUT2D eigenvalue weighted by molar-refractivity contribution is 7.98. The van der Waals surface area contributed by atoms with Crippen molar-refractivity contribution >= 4 is 22.7 Å². The molecule has 0 aliphatic heterocycles. The predicted molar refractivity (Wildman–Crippen MR) is 106 cm³/mol. The van der Waals surface area contributed by atoms with Crippen molar-refractivity contribution in [3.63, 3.8) is 0 Å². The van der Waals surface area contributed by atoms with Gasteiger partial charge < -0.3 is 13.9 Å². The number of hydrogen-bond donors (Lipinski definition) is 1. The number of nitrogens with zero attached hydrogens (tertiary/aromatic N) is 4. The first-order valence-corrected chi connectivity index (χ1v) is 9.78. The molecule has 7 nitrogen and oxygen atoms in total. The summed E-state index contributed by atoms with van der Waals surface area (Å²) in [6.45, 7) is 1.70. The lowest BCUT2D eigenvalue weighted by Crippen LogP contribution is -1.86. The number of aryl methyl sites for hydroxylation is 1. The van der Waals surface area contributed by atoms with E-state index in [0.717, 1.165) is 16.5 Å². The average molecular weight is 407 g/mol. The van der Waals surface area contributed by atoms with Crippen molar-refractivity contribution < 1.29 is 13.3 Å². The van der Waals surface area contributed by atoms with Crippen molar-refractivity contribution in [2.75, 3.05) is 0 Å². The summed E-state index contributed by atoms with van der Waals surface area (Å²) >= 11 is 1.29. The number of para-hydroxylation sites is 1. The van der Waals surface area contributed by atoms with Gasteiger partial charge >= 0.3 is 0 Å². The molecule has 0 bridgehead atoms. The molecule has 0 amide bonds. The zero-order valence-corrected chi connectivity index (χ0v) is 16.0. The van der Waals surface area contributed by atoms with Crippen LogP contribution in [0.1, 0.15) is 11.5 Å². The second-order valence-electron chi connectivity index (χ2n) is 6.39. The van der Waals surface area contributed by atoms with Crippen molar-refractivity contribution in [3.8, 4) is 22.8 Å². The van der Waals surface area contributed by atoms with Crippen LogP contribution in [0.5, 0.6) is 0 Å². The Bertz CT molecular complexity index is 1310. The second-order valence-corrected chi connectivity index (χ2v) is 7.31. The van der Waals surface area contributed by atoms with Crippen molar-refractivity contribution in [1.82, 2.24) is 25.3 Å². The number of rotatable bonds is 5. The Hall–Kier alpha value is -3.46. The van der Waals surface area contributed by atoms with Crippen LogP contribution in [0.3, 0.4) is 0 Å². The fourth-order valence-corrected chi connectivity index (χ4v) is 3.51. The smallest absolute Gasteiger partial charge is 0.277 e. The summed E-state index contributed by atoms with van der Waals surface area (Å²) in [5, 5.41) is 13.5. The van der Waals surface area contributed by atoms with E-state index in [1.54, 1.807) is 19.1 Å². The molecule has 3 aromatic heterocycles. The first kappa shape index (κ1) is 17.6. The summed E-state index contributed by atoms with van der Waals surface area (Å²) < 4.78 is 24.7. The van der Waals surface area contributed by atoms with E-state index < -0.39 is 0 Å². The van der Waals surface area contributed by atoms with Crippen molar-refractivity contribution in [1.29, 1.82) is 0 Å². The molecule has 9 heteroatoms. The Morgan fingerprint density at radius 1 is 1.14 bits per heavy atom. The van der Waals surface area contributed by atoms with E-state index in [-0.39, 0.29) is 5.82 Å². The molecule has 0 fully saturated rings. The van der Waals surface area contributed by atoms with Gasteiger partial charge in [-0.2, -0.15) is 4.98 Å². The highest BCUT2D eigenvalue weighted by Crippen LogP contribution is 2.30. The van der Waals surface area contributed by atoms with Gasteiger partial charge in [-0.1, -0.05) is 47.3 Å². The Balaban J connectivity index is 1.30. The lowest BCUT2D eigenvalue weighted by Gasteiger charge is -1.97. The van der Waals surface area contributed by atoms with Gasteiger partial charge in [0, 0.05) is 22.7 Å². The summed E-state index contributed by atoms with van der Waals surface area (Å²) in [6, 6.07) is 12.7. The maximum absolute atomic E-state index is 13.7. The molecule has 0 spiro atoms. The quantitative estimate of drug-likeness (QED) is 0.409. The monoisotopic (exact) mass is 407 g/mol. The van der Waals surface area contributed by atoms with Crippen LogP contribution in [0.4, 0.5) is 4.39 Å². The topological polar surface area (TPSA) is 93.6 Å². The molecule has 1 N–H and O–H groups in total. The van der Waals surface area contributed by atoms with Crippen molar-refractivity contribution in [2.24, 2.45) is 0 Å². The van der Waals surface area contributed by atoms with Crippen LogP contribution in [0.2, 0.25) is 0 Å². The number of hydrogen-bond acceptors (Lipinski definition) is 7. The minimum Gasteiger partial charge on any atom is -0.411 e. The Morgan fingerprint density at radius 3 is 2.93 bits per heavy atom. The Kier molecular flexibility index (Phi) is 4.36. The maximum Gasteiger partial charge on any atom is 0.277 e. The SMILES string of the molecule is Cc1ccc(-c2noc(CSc3nnc(-c4c[nH]c5ccccc45)o3)n2)cc1F. The van der Waals surface area contributed by atoms with Gasteiger partial charge in [0.2, 0.25) is 11.7 Å². The average Bonchev–Trinajstić information content (AvgIpc) is 3.47. The molecule has 144 valence electrons. The molecule has 0 unspecified atom stereocenters. The lowest BCUT2D eigenvalue weighted by molar-refractivity contribution is 0.391. The van der Waals surface area contributed by atoms with Crippen LogP contribution in [-0.2, 0) is 5.75 Å². The molecule has 0 aliphatic carbocycles. The van der Waals surface area contributed by atoms with Crippen LogP contribution >= 0.6 is 11.8 Å². The minimum absolute atomic E-state index is 0.307. The molecular weight excluding hydrogens is 393 g/mol. The van der Waals surface area contributed by atoms with E-state index in [9.17, 15) is 4.39 Å². The molecule has 2 aromatic carbocycles. The number of benzene rings is 2. The maximum atomic E-state index is 13.7. The highest BCUT2D eigenvalue weighted by atomic mass is 32.2. The molecule has 0 saturated heterocycles. The minimum atomic E-state index is -0.307. The number of H-pyrrole nitrogens is 1. The molecule has 5 rings (SSSR count). The van der Waals surface area contributed by atoms with Crippen LogP contribution in [-0.4, -0.2) is 25.3 Å². The molecule has 0 saturated carbocycles. The van der Waals surface area contributed by atoms with Gasteiger partial charge in [-0.25, -0.2) is 4.39 Å². The largest absolute Gasteiger partial charge is 0.411 e. The van der Waals surface area contributed by atoms with Gasteiger partial charge in [0.25, 0.3) is 11.1 Å². The molecule has 29 heavy (non-hydrogen) atoms. The second kappa shape index (κ2) is 7.17. The van der Waals surface area contributed by atoms with Gasteiger partial charge in [-0.3, -0.25) is 0 Å². The van der Waals surface area contributed by atoms with Crippen molar-refractivity contribution in [2.45, 2.75) is 17.9 Å². The first-order valence-electron chi connectivity index (χ1n) is 8.79. The summed E-state index contributed by atoms with van der Waals surface area (Å²) in [5.41, 5.74) is 2.98. The van der Waals surface area contributed by atoms with E-state index in [0.29, 0.717) is 39.7 Å². The normalized spacial score (nSPS) is 11.4. The van der Waals surface area contributed by atoms with Gasteiger partial charge in [-0.15, -0.1) is 10.2 Å². The lowest BCUT2D eigenvalue weighted by atomic mass is 10.1. The highest BCUT2D eigenvalue weighted by Gasteiger charge is 2.15. The first-order chi connectivity index (χ1) is 14.2. The van der Waals surface area contributed by atoms with E-state index >= 15 is 0 Å². The fraction of sp³-hybridized carbons (Fsp3) is 0.100. The summed E-state index contributed by atoms with van der Waals surface area (Å²) in [5.74, 6) is 1.21. The number of fused-ring (bicyclic) bond motifs is 1. The molecular formula is C20H14FN5O2S. The molecule has 0 aliphatic rings. The Labute approximate surface area is 168 Å². The summed E-state index contributed by atoms with van der Waals surface area (Å²) in [4.78, 5) is 7.49. The number of aromatic nitrogens is 5. The van der Waals surface area contributed by atoms with Crippen LogP contribution in [0.25, 0.3) is 33.7 Å². The van der Waals surface area contributed by atoms with Crippen LogP contribution < -0.4 is 0 Å². The Morgan fingerprint density at radius 2 is 2.03 bits per heavy atom. The number of aromatic amines is 1. The van der Waals surface area contributed by atoms with E-state index in [1.807, 2.05) is 30.5 Å².